The zero-order valence-electron chi connectivity index (χ0n) is 16.2. The summed E-state index contributed by atoms with van der Waals surface area (Å²) in [5.74, 6) is -1.42. The summed E-state index contributed by atoms with van der Waals surface area (Å²) in [5.41, 5.74) is 1.61. The summed E-state index contributed by atoms with van der Waals surface area (Å²) in [7, 11) is 0. The fourth-order valence-corrected chi connectivity index (χ4v) is 4.48. The smallest absolute Gasteiger partial charge is 0.158 e. The van der Waals surface area contributed by atoms with Crippen LogP contribution >= 0.6 is 15.9 Å². The van der Waals surface area contributed by atoms with Gasteiger partial charge in [-0.2, -0.15) is 0 Å². The minimum atomic E-state index is -1.27. The van der Waals surface area contributed by atoms with Gasteiger partial charge in [0.15, 0.2) is 5.78 Å². The van der Waals surface area contributed by atoms with Crippen LogP contribution in [0, 0.1) is 5.92 Å². The van der Waals surface area contributed by atoms with Gasteiger partial charge in [-0.05, 0) is 50.6 Å². The van der Waals surface area contributed by atoms with Crippen molar-refractivity contribution >= 4 is 33.2 Å². The average Bonchev–Trinajstić information content (AvgIpc) is 2.62. The fourth-order valence-electron chi connectivity index (χ4n) is 4.22. The summed E-state index contributed by atoms with van der Waals surface area (Å²) in [5, 5.41) is 14.5. The molecule has 0 aromatic heterocycles. The first kappa shape index (κ1) is 20.5. The van der Waals surface area contributed by atoms with Gasteiger partial charge in [-0.1, -0.05) is 46.3 Å². The molecule has 146 valence electrons. The van der Waals surface area contributed by atoms with E-state index in [4.69, 9.17) is 0 Å². The molecular formula is C23H24BrNO3. The summed E-state index contributed by atoms with van der Waals surface area (Å²) in [6.07, 6.45) is 0.200. The average molecular weight is 442 g/mol. The van der Waals surface area contributed by atoms with Crippen LogP contribution in [-0.2, 0) is 9.59 Å². The lowest BCUT2D eigenvalue weighted by atomic mass is 9.64. The number of aliphatic hydroxyl groups is 1. The molecule has 0 bridgehead atoms. The molecule has 0 heterocycles. The summed E-state index contributed by atoms with van der Waals surface area (Å²) in [6.45, 7) is 4.68. The number of allylic oxidation sites excluding steroid dienone is 1. The number of carbonyl (C=O) groups excluding carboxylic acids is 2. The molecule has 0 fully saturated rings. The molecule has 4 nitrogen and oxygen atoms in total. The van der Waals surface area contributed by atoms with E-state index in [9.17, 15) is 14.7 Å². The van der Waals surface area contributed by atoms with E-state index in [1.165, 1.54) is 13.8 Å². The number of halogens is 1. The van der Waals surface area contributed by atoms with Crippen LogP contribution in [0.5, 0.6) is 0 Å². The number of nitrogens with one attached hydrogen (secondary N) is 1. The van der Waals surface area contributed by atoms with Crippen LogP contribution in [-0.4, -0.2) is 22.3 Å². The molecule has 3 rings (SSSR count). The van der Waals surface area contributed by atoms with Crippen molar-refractivity contribution in [3.63, 3.8) is 0 Å². The van der Waals surface area contributed by atoms with Crippen molar-refractivity contribution in [2.75, 3.05) is 5.32 Å². The summed E-state index contributed by atoms with van der Waals surface area (Å²) in [6, 6.07) is 17.1. The Morgan fingerprint density at radius 2 is 1.68 bits per heavy atom. The largest absolute Gasteiger partial charge is 0.389 e. The maximum Gasteiger partial charge on any atom is 0.158 e. The number of carbonyl (C=O) groups is 2. The number of hydrogen-bond acceptors (Lipinski definition) is 4. The Bertz CT molecular complexity index is 917. The Morgan fingerprint density at radius 3 is 2.21 bits per heavy atom. The second kappa shape index (κ2) is 8.02. The molecule has 0 saturated heterocycles. The van der Waals surface area contributed by atoms with E-state index in [2.05, 4.69) is 21.2 Å². The number of rotatable bonds is 5. The first-order chi connectivity index (χ1) is 13.2. The molecule has 5 heteroatoms. The highest BCUT2D eigenvalue weighted by Gasteiger charge is 2.49. The fraction of sp³-hybridized carbons (Fsp3) is 0.304. The lowest BCUT2D eigenvalue weighted by molar-refractivity contribution is -0.131. The van der Waals surface area contributed by atoms with Crippen LogP contribution in [0.4, 0.5) is 5.69 Å². The van der Waals surface area contributed by atoms with E-state index < -0.39 is 17.4 Å². The molecule has 2 aromatic rings. The van der Waals surface area contributed by atoms with Gasteiger partial charge in [0.05, 0.1) is 11.5 Å². The van der Waals surface area contributed by atoms with Crippen molar-refractivity contribution in [1.82, 2.24) is 0 Å². The number of anilines is 1. The van der Waals surface area contributed by atoms with Crippen LogP contribution in [0.1, 0.15) is 38.7 Å². The van der Waals surface area contributed by atoms with Gasteiger partial charge in [0.25, 0.3) is 0 Å². The minimum absolute atomic E-state index is 0.102. The van der Waals surface area contributed by atoms with Gasteiger partial charge < -0.3 is 10.4 Å². The minimum Gasteiger partial charge on any atom is -0.389 e. The van der Waals surface area contributed by atoms with Crippen LogP contribution in [0.2, 0.25) is 0 Å². The Balaban J connectivity index is 2.18. The first-order valence-corrected chi connectivity index (χ1v) is 10.0. The van der Waals surface area contributed by atoms with Gasteiger partial charge in [0.1, 0.15) is 5.78 Å². The number of hydrogen-bond donors (Lipinski definition) is 2. The highest BCUT2D eigenvalue weighted by atomic mass is 79.9. The molecule has 0 spiro atoms. The highest BCUT2D eigenvalue weighted by molar-refractivity contribution is 9.10. The van der Waals surface area contributed by atoms with Crippen molar-refractivity contribution < 1.29 is 14.7 Å². The third-order valence-electron chi connectivity index (χ3n) is 5.29. The van der Waals surface area contributed by atoms with E-state index in [1.807, 2.05) is 54.6 Å². The van der Waals surface area contributed by atoms with E-state index in [0.717, 1.165) is 15.7 Å². The molecule has 3 atom stereocenters. The first-order valence-electron chi connectivity index (χ1n) is 9.25. The zero-order valence-corrected chi connectivity index (χ0v) is 17.8. The van der Waals surface area contributed by atoms with E-state index in [-0.39, 0.29) is 18.0 Å². The van der Waals surface area contributed by atoms with Gasteiger partial charge in [-0.3, -0.25) is 9.59 Å². The van der Waals surface area contributed by atoms with Crippen LogP contribution < -0.4 is 5.32 Å². The summed E-state index contributed by atoms with van der Waals surface area (Å²) in [4.78, 5) is 25.3. The summed E-state index contributed by atoms with van der Waals surface area (Å²) < 4.78 is 0.952. The van der Waals surface area contributed by atoms with E-state index in [0.29, 0.717) is 11.3 Å². The van der Waals surface area contributed by atoms with Crippen molar-refractivity contribution in [3.05, 3.63) is 75.9 Å². The lowest BCUT2D eigenvalue weighted by Crippen LogP contribution is -2.48. The van der Waals surface area contributed by atoms with Gasteiger partial charge in [0, 0.05) is 33.8 Å². The molecule has 3 unspecified atom stereocenters. The standard InChI is InChI=1S/C23H24BrNO3/c1-14(26)20-19(25-18-11-9-17(24)10-12-18)13-23(3,28)22(15(2)27)21(20)16-7-5-4-6-8-16/h4-12,21-22,25,28H,13H2,1-3H3. The Morgan fingerprint density at radius 1 is 1.07 bits per heavy atom. The molecule has 0 aliphatic heterocycles. The molecular weight excluding hydrogens is 418 g/mol. The predicted molar refractivity (Wildman–Crippen MR) is 114 cm³/mol. The van der Waals surface area contributed by atoms with Crippen molar-refractivity contribution in [2.24, 2.45) is 5.92 Å². The van der Waals surface area contributed by atoms with Crippen LogP contribution in [0.25, 0.3) is 0 Å². The quantitative estimate of drug-likeness (QED) is 0.695. The molecule has 2 N–H and O–H groups in total. The maximum absolute atomic E-state index is 12.7. The molecule has 1 aliphatic carbocycles. The van der Waals surface area contributed by atoms with Gasteiger partial charge in [-0.15, -0.1) is 0 Å². The van der Waals surface area contributed by atoms with Crippen LogP contribution in [0.3, 0.4) is 0 Å². The molecule has 0 amide bonds. The topological polar surface area (TPSA) is 66.4 Å². The van der Waals surface area contributed by atoms with Crippen LogP contribution in [0.15, 0.2) is 70.3 Å². The van der Waals surface area contributed by atoms with Gasteiger partial charge in [-0.25, -0.2) is 0 Å². The van der Waals surface area contributed by atoms with Crippen molar-refractivity contribution in [2.45, 2.75) is 38.7 Å². The number of benzene rings is 2. The maximum atomic E-state index is 12.7. The second-order valence-electron chi connectivity index (χ2n) is 7.59. The molecule has 0 saturated carbocycles. The third kappa shape index (κ3) is 4.10. The van der Waals surface area contributed by atoms with Crippen molar-refractivity contribution in [3.8, 4) is 0 Å². The highest BCUT2D eigenvalue weighted by Crippen LogP contribution is 2.47. The zero-order chi connectivity index (χ0) is 20.5. The third-order valence-corrected chi connectivity index (χ3v) is 5.82. The Kier molecular flexibility index (Phi) is 5.87. The number of ketones is 2. The normalized spacial score (nSPS) is 24.8. The second-order valence-corrected chi connectivity index (χ2v) is 8.51. The predicted octanol–water partition coefficient (Wildman–Crippen LogP) is 4.85. The van der Waals surface area contributed by atoms with Gasteiger partial charge in [0.2, 0.25) is 0 Å². The molecule has 1 aliphatic rings. The van der Waals surface area contributed by atoms with E-state index in [1.54, 1.807) is 6.92 Å². The molecule has 28 heavy (non-hydrogen) atoms. The molecule has 0 radical (unpaired) electrons. The van der Waals surface area contributed by atoms with E-state index >= 15 is 0 Å². The number of Topliss-reactive ketones (excluding diaryl/α,β-unsaturated/α-hetero) is 2. The molecule has 2 aromatic carbocycles. The summed E-state index contributed by atoms with van der Waals surface area (Å²) >= 11 is 3.42. The SMILES string of the molecule is CC(=O)C1=C(Nc2ccc(Br)cc2)CC(C)(O)C(C(C)=O)C1c1ccccc1. The van der Waals surface area contributed by atoms with Crippen molar-refractivity contribution in [1.29, 1.82) is 0 Å². The van der Waals surface area contributed by atoms with Gasteiger partial charge >= 0.3 is 0 Å². The Labute approximate surface area is 173 Å². The lowest BCUT2D eigenvalue weighted by Gasteiger charge is -2.43. The monoisotopic (exact) mass is 441 g/mol. The Hall–Kier alpha value is -2.24.